The first-order valence-electron chi connectivity index (χ1n) is 19.9. The summed E-state index contributed by atoms with van der Waals surface area (Å²) in [6.07, 6.45) is 11.1. The Hall–Kier alpha value is -6.67. The summed E-state index contributed by atoms with van der Waals surface area (Å²) in [7, 11) is 0. The lowest BCUT2D eigenvalue weighted by Gasteiger charge is -2.18. The molecule has 0 radical (unpaired) electrons. The molecule has 0 bridgehead atoms. The van der Waals surface area contributed by atoms with Crippen LogP contribution in [-0.2, 0) is 12.8 Å². The van der Waals surface area contributed by atoms with Gasteiger partial charge in [-0.15, -0.1) is 0 Å². The molecule has 0 atom stereocenters. The Kier molecular flexibility index (Phi) is 8.34. The fourth-order valence-electron chi connectivity index (χ4n) is 9.03. The zero-order chi connectivity index (χ0) is 37.7. The maximum atomic E-state index is 2.32. The van der Waals surface area contributed by atoms with Crippen molar-refractivity contribution < 1.29 is 0 Å². The van der Waals surface area contributed by atoms with Crippen LogP contribution in [0.2, 0.25) is 0 Å². The van der Waals surface area contributed by atoms with Crippen LogP contribution in [0.3, 0.4) is 0 Å². The van der Waals surface area contributed by atoms with Gasteiger partial charge in [-0.1, -0.05) is 194 Å². The molecule has 0 spiro atoms. The molecule has 0 unspecified atom stereocenters. The molecule has 0 nitrogen and oxygen atoms in total. The van der Waals surface area contributed by atoms with E-state index >= 15 is 0 Å². The molecule has 1 aliphatic rings. The molecular weight excluding hydrogens is 705 g/mol. The van der Waals surface area contributed by atoms with E-state index in [4.69, 9.17) is 0 Å². The second kappa shape index (κ2) is 14.1. The molecule has 0 fully saturated rings. The molecule has 11 rings (SSSR count). The Morgan fingerprint density at radius 1 is 0.439 bits per heavy atom. The summed E-state index contributed by atoms with van der Waals surface area (Å²) in [5.41, 5.74) is 13.0. The summed E-state index contributed by atoms with van der Waals surface area (Å²) in [6.45, 7) is 0. The molecule has 0 heterocycles. The van der Waals surface area contributed by atoms with Gasteiger partial charge in [-0.3, -0.25) is 0 Å². The number of benzene rings is 10. The molecule has 1 aliphatic carbocycles. The zero-order valence-corrected chi connectivity index (χ0v) is 32.3. The van der Waals surface area contributed by atoms with Crippen LogP contribution in [0.4, 0.5) is 0 Å². The highest BCUT2D eigenvalue weighted by Crippen LogP contribution is 2.43. The van der Waals surface area contributed by atoms with E-state index in [-0.39, 0.29) is 0 Å². The van der Waals surface area contributed by atoms with Gasteiger partial charge in [0.2, 0.25) is 0 Å². The van der Waals surface area contributed by atoms with E-state index in [1.165, 1.54) is 109 Å². The van der Waals surface area contributed by atoms with Gasteiger partial charge < -0.3 is 0 Å². The van der Waals surface area contributed by atoms with Gasteiger partial charge >= 0.3 is 0 Å². The molecule has 0 aromatic heterocycles. The quantitative estimate of drug-likeness (QED) is 0.140. The smallest absolute Gasteiger partial charge is 0.0122 e. The average molecular weight is 743 g/mol. The molecule has 0 saturated heterocycles. The topological polar surface area (TPSA) is 0 Å². The molecule has 268 valence electrons. The highest BCUT2D eigenvalue weighted by atomic mass is 32.2. The van der Waals surface area contributed by atoms with E-state index in [9.17, 15) is 0 Å². The minimum absolute atomic E-state index is 0.900. The van der Waals surface area contributed by atoms with Crippen LogP contribution in [0.1, 0.15) is 22.3 Å². The van der Waals surface area contributed by atoms with Crippen molar-refractivity contribution in [2.45, 2.75) is 22.6 Å². The van der Waals surface area contributed by atoms with Gasteiger partial charge in [0, 0.05) is 9.79 Å². The van der Waals surface area contributed by atoms with Crippen LogP contribution in [0.15, 0.2) is 204 Å². The Labute approximate surface area is 337 Å². The first kappa shape index (κ1) is 33.6. The van der Waals surface area contributed by atoms with E-state index < -0.39 is 0 Å². The minimum atomic E-state index is 0.900. The monoisotopic (exact) mass is 742 g/mol. The van der Waals surface area contributed by atoms with Gasteiger partial charge in [-0.25, -0.2) is 0 Å². The average Bonchev–Trinajstić information content (AvgIpc) is 3.28. The normalized spacial score (nSPS) is 12.5. The van der Waals surface area contributed by atoms with Crippen LogP contribution in [0.25, 0.3) is 88.6 Å². The minimum Gasteiger partial charge on any atom is -0.0901 e. The number of allylic oxidation sites excluding steroid dienone is 2. The zero-order valence-electron chi connectivity index (χ0n) is 31.5. The van der Waals surface area contributed by atoms with E-state index in [0.717, 1.165) is 12.8 Å². The van der Waals surface area contributed by atoms with Gasteiger partial charge in [-0.05, 0) is 136 Å². The number of hydrogen-bond donors (Lipinski definition) is 0. The van der Waals surface area contributed by atoms with Crippen LogP contribution >= 0.6 is 11.8 Å². The van der Waals surface area contributed by atoms with Crippen molar-refractivity contribution in [3.63, 3.8) is 0 Å². The van der Waals surface area contributed by atoms with Gasteiger partial charge in [0.05, 0.1) is 0 Å². The van der Waals surface area contributed by atoms with Gasteiger partial charge in [0.1, 0.15) is 0 Å². The molecule has 0 N–H and O–H groups in total. The molecular formula is C56H38S. The second-order valence-electron chi connectivity index (χ2n) is 15.1. The third kappa shape index (κ3) is 6.03. The van der Waals surface area contributed by atoms with Gasteiger partial charge in [0.25, 0.3) is 0 Å². The fourth-order valence-corrected chi connectivity index (χ4v) is 9.85. The Morgan fingerprint density at radius 2 is 0.947 bits per heavy atom. The Bertz CT molecular complexity index is 3150. The van der Waals surface area contributed by atoms with Crippen LogP contribution < -0.4 is 0 Å². The Balaban J connectivity index is 0.813. The number of rotatable bonds is 8. The summed E-state index contributed by atoms with van der Waals surface area (Å²) >= 11 is 1.82. The molecule has 10 aromatic rings. The maximum Gasteiger partial charge on any atom is 0.0122 e. The third-order valence-corrected chi connectivity index (χ3v) is 12.8. The first-order chi connectivity index (χ1) is 28.2. The highest BCUT2D eigenvalue weighted by molar-refractivity contribution is 7.99. The summed E-state index contributed by atoms with van der Waals surface area (Å²) in [6, 6.07) is 67.2. The lowest BCUT2D eigenvalue weighted by molar-refractivity contribution is 1.24. The fraction of sp³-hybridized carbons (Fsp3) is 0.0357. The van der Waals surface area contributed by atoms with Crippen molar-refractivity contribution in [3.05, 3.63) is 216 Å². The molecule has 1 heteroatoms. The summed E-state index contributed by atoms with van der Waals surface area (Å²) in [5, 5.41) is 10.6. The van der Waals surface area contributed by atoms with E-state index in [1.807, 2.05) is 11.8 Å². The predicted octanol–water partition coefficient (Wildman–Crippen LogP) is 15.7. The van der Waals surface area contributed by atoms with Crippen molar-refractivity contribution in [3.8, 4) is 33.4 Å². The summed E-state index contributed by atoms with van der Waals surface area (Å²) in [4.78, 5) is 2.49. The predicted molar refractivity (Wildman–Crippen MR) is 246 cm³/mol. The van der Waals surface area contributed by atoms with Crippen molar-refractivity contribution >= 4 is 67.0 Å². The molecule has 0 saturated carbocycles. The first-order valence-corrected chi connectivity index (χ1v) is 20.7. The Morgan fingerprint density at radius 3 is 1.56 bits per heavy atom. The van der Waals surface area contributed by atoms with Crippen molar-refractivity contribution in [1.29, 1.82) is 0 Å². The van der Waals surface area contributed by atoms with Crippen LogP contribution in [0.5, 0.6) is 0 Å². The largest absolute Gasteiger partial charge is 0.0901 e. The SMILES string of the molecule is C1=Cc2ccc(-c3ccccc3)c3ccc(/C=C\Cc4ccc(Sc5ccc(-c6ccc7ccc8c(-c9ccccc9)ccc9ccc6c7c98)cc5)cc4)c(c23)C1. The molecule has 57 heavy (non-hydrogen) atoms. The van der Waals surface area contributed by atoms with E-state index in [2.05, 4.69) is 206 Å². The second-order valence-corrected chi connectivity index (χ2v) is 16.3. The standard InChI is InChI=1S/C56H38S/c1-3-10-38(11-4-1)47-31-22-42-15-8-16-50-40(21-34-51(47)54(42)50)14-7-9-37-17-27-45(28-18-37)57-46-29-19-41(20-30-46)49-33-24-44-25-35-52-48(39-12-5-2-6-13-39)32-23-43-26-36-53(49)56(44)55(43)52/h1-8,10-15,17-36H,9,16H2/b14-7-. The highest BCUT2D eigenvalue weighted by Gasteiger charge is 2.17. The lowest BCUT2D eigenvalue weighted by Crippen LogP contribution is -1.97. The van der Waals surface area contributed by atoms with E-state index in [1.54, 1.807) is 0 Å². The van der Waals surface area contributed by atoms with Gasteiger partial charge in [-0.2, -0.15) is 0 Å². The third-order valence-electron chi connectivity index (χ3n) is 11.8. The van der Waals surface area contributed by atoms with Crippen LogP contribution in [0, 0.1) is 0 Å². The lowest BCUT2D eigenvalue weighted by atomic mass is 9.86. The van der Waals surface area contributed by atoms with E-state index in [0.29, 0.717) is 0 Å². The maximum absolute atomic E-state index is 2.32. The van der Waals surface area contributed by atoms with Crippen molar-refractivity contribution in [1.82, 2.24) is 0 Å². The van der Waals surface area contributed by atoms with Crippen molar-refractivity contribution in [2.24, 2.45) is 0 Å². The van der Waals surface area contributed by atoms with Gasteiger partial charge in [0.15, 0.2) is 0 Å². The summed E-state index contributed by atoms with van der Waals surface area (Å²) in [5.74, 6) is 0. The molecule has 10 aromatic carbocycles. The summed E-state index contributed by atoms with van der Waals surface area (Å²) < 4.78 is 0. The van der Waals surface area contributed by atoms with Crippen molar-refractivity contribution in [2.75, 3.05) is 0 Å². The molecule has 0 aliphatic heterocycles. The van der Waals surface area contributed by atoms with Crippen LogP contribution in [-0.4, -0.2) is 0 Å². The number of hydrogen-bond acceptors (Lipinski definition) is 1. The molecule has 0 amide bonds.